The van der Waals surface area contributed by atoms with Crippen LogP contribution in [0, 0.1) is 0 Å². The first-order valence-electron chi connectivity index (χ1n) is 6.10. The Morgan fingerprint density at radius 2 is 2.06 bits per heavy atom. The lowest BCUT2D eigenvalue weighted by Crippen LogP contribution is -2.45. The zero-order valence-corrected chi connectivity index (χ0v) is 11.0. The molecule has 1 aliphatic rings. The van der Waals surface area contributed by atoms with Gasteiger partial charge in [-0.05, 0) is 33.6 Å². The molecule has 6 nitrogen and oxygen atoms in total. The lowest BCUT2D eigenvalue weighted by molar-refractivity contribution is -0.140. The van der Waals surface area contributed by atoms with Gasteiger partial charge in [-0.2, -0.15) is 0 Å². The molecule has 104 valence electrons. The number of carboxylic acid groups (broad SMARTS) is 1. The van der Waals surface area contributed by atoms with Crippen molar-refractivity contribution >= 4 is 12.1 Å². The first kappa shape index (κ1) is 14.8. The van der Waals surface area contributed by atoms with E-state index in [4.69, 9.17) is 9.84 Å². The minimum atomic E-state index is -1.07. The lowest BCUT2D eigenvalue weighted by atomic mass is 10.1. The number of hydrogen-bond donors (Lipinski definition) is 2. The van der Waals surface area contributed by atoms with Crippen molar-refractivity contribution in [2.45, 2.75) is 57.8 Å². The number of nitrogens with zero attached hydrogens (tertiary/aromatic N) is 1. The Kier molecular flexibility index (Phi) is 4.56. The van der Waals surface area contributed by atoms with E-state index in [-0.39, 0.29) is 6.42 Å². The van der Waals surface area contributed by atoms with Gasteiger partial charge in [0.05, 0.1) is 18.6 Å². The molecule has 0 saturated carbocycles. The van der Waals surface area contributed by atoms with Crippen LogP contribution in [-0.4, -0.2) is 51.5 Å². The van der Waals surface area contributed by atoms with Crippen LogP contribution in [0.15, 0.2) is 0 Å². The van der Waals surface area contributed by atoms with Crippen molar-refractivity contribution in [3.05, 3.63) is 0 Å². The highest BCUT2D eigenvalue weighted by Crippen LogP contribution is 2.24. The van der Waals surface area contributed by atoms with Gasteiger partial charge < -0.3 is 19.8 Å². The Labute approximate surface area is 107 Å². The molecule has 0 radical (unpaired) electrons. The summed E-state index contributed by atoms with van der Waals surface area (Å²) < 4.78 is 5.24. The number of aliphatic hydroxyl groups is 1. The number of ether oxygens (including phenoxy) is 1. The van der Waals surface area contributed by atoms with E-state index < -0.39 is 29.8 Å². The third-order valence-corrected chi connectivity index (χ3v) is 2.76. The van der Waals surface area contributed by atoms with Crippen molar-refractivity contribution in [2.24, 2.45) is 0 Å². The zero-order valence-electron chi connectivity index (χ0n) is 11.0. The number of aliphatic carboxylic acids is 1. The molecule has 6 heteroatoms. The molecule has 0 spiro atoms. The maximum Gasteiger partial charge on any atom is 0.410 e. The van der Waals surface area contributed by atoms with Crippen LogP contribution in [0.25, 0.3) is 0 Å². The molecular weight excluding hydrogens is 238 g/mol. The smallest absolute Gasteiger partial charge is 0.410 e. The van der Waals surface area contributed by atoms with Gasteiger partial charge in [-0.1, -0.05) is 0 Å². The minimum absolute atomic E-state index is 0.357. The molecule has 0 aliphatic carbocycles. The van der Waals surface area contributed by atoms with Crippen molar-refractivity contribution in [3.8, 4) is 0 Å². The quantitative estimate of drug-likeness (QED) is 0.795. The van der Waals surface area contributed by atoms with Gasteiger partial charge in [0.2, 0.25) is 0 Å². The topological polar surface area (TPSA) is 87.1 Å². The summed E-state index contributed by atoms with van der Waals surface area (Å²) in [6.07, 6.45) is -0.537. The highest BCUT2D eigenvalue weighted by atomic mass is 16.6. The van der Waals surface area contributed by atoms with Crippen LogP contribution in [0.3, 0.4) is 0 Å². The number of carbonyl (C=O) groups excluding carboxylic acids is 1. The van der Waals surface area contributed by atoms with Gasteiger partial charge in [0, 0.05) is 6.54 Å². The van der Waals surface area contributed by atoms with Crippen LogP contribution in [0.2, 0.25) is 0 Å². The predicted molar refractivity (Wildman–Crippen MR) is 64.2 cm³/mol. The minimum Gasteiger partial charge on any atom is -0.481 e. The number of likely N-dealkylation sites (tertiary alicyclic amines) is 1. The molecule has 0 aromatic rings. The van der Waals surface area contributed by atoms with E-state index in [0.717, 1.165) is 6.42 Å². The third kappa shape index (κ3) is 4.18. The van der Waals surface area contributed by atoms with E-state index in [2.05, 4.69) is 0 Å². The number of hydrogen-bond acceptors (Lipinski definition) is 4. The Balaban J connectivity index is 2.64. The SMILES string of the molecule is CC(C)(C)OC(=O)N1CCC[C@H]1[C@@H](O)CC(=O)O. The number of aliphatic hydroxyl groups excluding tert-OH is 1. The van der Waals surface area contributed by atoms with Crippen molar-refractivity contribution in [2.75, 3.05) is 6.54 Å². The monoisotopic (exact) mass is 259 g/mol. The Hall–Kier alpha value is -1.30. The Bertz CT molecular complexity index is 323. The average Bonchev–Trinajstić information content (AvgIpc) is 2.61. The van der Waals surface area contributed by atoms with Crippen LogP contribution in [-0.2, 0) is 9.53 Å². The summed E-state index contributed by atoms with van der Waals surface area (Å²) in [5, 5.41) is 18.5. The molecule has 1 rings (SSSR count). The van der Waals surface area contributed by atoms with Crippen LogP contribution in [0.5, 0.6) is 0 Å². The molecule has 18 heavy (non-hydrogen) atoms. The molecule has 0 unspecified atom stereocenters. The molecule has 0 aromatic carbocycles. The number of amides is 1. The van der Waals surface area contributed by atoms with Crippen LogP contribution in [0.1, 0.15) is 40.0 Å². The molecule has 0 bridgehead atoms. The molecule has 2 atom stereocenters. The predicted octanol–water partition coefficient (Wildman–Crippen LogP) is 1.22. The van der Waals surface area contributed by atoms with E-state index in [1.54, 1.807) is 20.8 Å². The molecule has 2 N–H and O–H groups in total. The second kappa shape index (κ2) is 5.56. The van der Waals surface area contributed by atoms with E-state index in [1.807, 2.05) is 0 Å². The van der Waals surface area contributed by atoms with Crippen LogP contribution in [0.4, 0.5) is 4.79 Å². The van der Waals surface area contributed by atoms with E-state index in [1.165, 1.54) is 4.90 Å². The number of carboxylic acids is 1. The fourth-order valence-electron chi connectivity index (χ4n) is 2.05. The summed E-state index contributed by atoms with van der Waals surface area (Å²) >= 11 is 0. The van der Waals surface area contributed by atoms with Gasteiger partial charge in [0.25, 0.3) is 0 Å². The van der Waals surface area contributed by atoms with Gasteiger partial charge >= 0.3 is 12.1 Å². The average molecular weight is 259 g/mol. The summed E-state index contributed by atoms with van der Waals surface area (Å²) in [6, 6.07) is -0.462. The summed E-state index contributed by atoms with van der Waals surface area (Å²) in [6.45, 7) is 5.80. The second-order valence-electron chi connectivity index (χ2n) is 5.55. The third-order valence-electron chi connectivity index (χ3n) is 2.76. The summed E-state index contributed by atoms with van der Waals surface area (Å²) in [5.74, 6) is -1.07. The fraction of sp³-hybridized carbons (Fsp3) is 0.833. The van der Waals surface area contributed by atoms with Crippen molar-refractivity contribution in [3.63, 3.8) is 0 Å². The highest BCUT2D eigenvalue weighted by Gasteiger charge is 2.36. The zero-order chi connectivity index (χ0) is 13.9. The largest absolute Gasteiger partial charge is 0.481 e. The normalized spacial score (nSPS) is 21.8. The molecular formula is C12H21NO5. The Morgan fingerprint density at radius 1 is 1.44 bits per heavy atom. The summed E-state index contributed by atoms with van der Waals surface area (Å²) in [5.41, 5.74) is -0.595. The summed E-state index contributed by atoms with van der Waals surface area (Å²) in [4.78, 5) is 23.9. The fourth-order valence-corrected chi connectivity index (χ4v) is 2.05. The number of carbonyl (C=O) groups is 2. The molecule has 0 aromatic heterocycles. The van der Waals surface area contributed by atoms with Gasteiger partial charge in [-0.25, -0.2) is 4.79 Å². The first-order chi connectivity index (χ1) is 8.20. The highest BCUT2D eigenvalue weighted by molar-refractivity contribution is 5.70. The van der Waals surface area contributed by atoms with Gasteiger partial charge in [0.1, 0.15) is 5.60 Å². The maximum atomic E-state index is 11.9. The van der Waals surface area contributed by atoms with Crippen LogP contribution >= 0.6 is 0 Å². The van der Waals surface area contributed by atoms with Crippen molar-refractivity contribution in [1.29, 1.82) is 0 Å². The Morgan fingerprint density at radius 3 is 2.56 bits per heavy atom. The van der Waals surface area contributed by atoms with E-state index in [9.17, 15) is 14.7 Å². The van der Waals surface area contributed by atoms with E-state index >= 15 is 0 Å². The van der Waals surface area contributed by atoms with Gasteiger partial charge in [0.15, 0.2) is 0 Å². The lowest BCUT2D eigenvalue weighted by Gasteiger charge is -2.30. The van der Waals surface area contributed by atoms with Crippen LogP contribution < -0.4 is 0 Å². The molecule has 1 amide bonds. The standard InChI is InChI=1S/C12H21NO5/c1-12(2,3)18-11(17)13-6-4-5-8(13)9(14)7-10(15)16/h8-9,14H,4-7H2,1-3H3,(H,15,16)/t8-,9-/m0/s1. The van der Waals surface area contributed by atoms with Gasteiger partial charge in [-0.15, -0.1) is 0 Å². The summed E-state index contributed by atoms with van der Waals surface area (Å²) in [7, 11) is 0. The van der Waals surface area contributed by atoms with Gasteiger partial charge in [-0.3, -0.25) is 4.79 Å². The van der Waals surface area contributed by atoms with Crippen molar-refractivity contribution < 1.29 is 24.5 Å². The molecule has 1 heterocycles. The number of rotatable bonds is 3. The first-order valence-corrected chi connectivity index (χ1v) is 6.10. The van der Waals surface area contributed by atoms with Crippen molar-refractivity contribution in [1.82, 2.24) is 4.90 Å². The maximum absolute atomic E-state index is 11.9. The molecule has 1 aliphatic heterocycles. The molecule has 1 saturated heterocycles. The molecule has 1 fully saturated rings. The van der Waals surface area contributed by atoms with E-state index in [0.29, 0.717) is 13.0 Å². The second-order valence-corrected chi connectivity index (χ2v) is 5.55.